The molecule has 0 aliphatic rings. The SMILES string of the molecule is Cc1ccc(C(C)C)c(OCc2cc(-c3ccc(N)cc3)n[nH]2)c1. The number of aromatic nitrogens is 2. The highest BCUT2D eigenvalue weighted by Crippen LogP contribution is 2.28. The molecule has 2 aromatic carbocycles. The van der Waals surface area contributed by atoms with Crippen LogP contribution >= 0.6 is 0 Å². The molecule has 0 aliphatic heterocycles. The summed E-state index contributed by atoms with van der Waals surface area (Å²) in [6, 6.07) is 16.0. The fourth-order valence-corrected chi connectivity index (χ4v) is 2.64. The Labute approximate surface area is 142 Å². The van der Waals surface area contributed by atoms with Crippen molar-refractivity contribution < 1.29 is 4.74 Å². The van der Waals surface area contributed by atoms with Gasteiger partial charge in [-0.25, -0.2) is 0 Å². The number of nitrogens with one attached hydrogen (secondary N) is 1. The summed E-state index contributed by atoms with van der Waals surface area (Å²) in [5.41, 5.74) is 11.8. The quantitative estimate of drug-likeness (QED) is 0.671. The average molecular weight is 321 g/mol. The van der Waals surface area contributed by atoms with Gasteiger partial charge in [0.25, 0.3) is 0 Å². The van der Waals surface area contributed by atoms with Crippen LogP contribution < -0.4 is 10.5 Å². The zero-order valence-electron chi connectivity index (χ0n) is 14.3. The van der Waals surface area contributed by atoms with E-state index in [1.807, 2.05) is 30.3 Å². The van der Waals surface area contributed by atoms with Gasteiger partial charge < -0.3 is 10.5 Å². The van der Waals surface area contributed by atoms with Crippen LogP contribution in [-0.2, 0) is 6.61 Å². The number of ether oxygens (including phenoxy) is 1. The van der Waals surface area contributed by atoms with Gasteiger partial charge in [-0.15, -0.1) is 0 Å². The number of aromatic amines is 1. The summed E-state index contributed by atoms with van der Waals surface area (Å²) in [5, 5.41) is 7.40. The number of nitrogens with zero attached hydrogens (tertiary/aromatic N) is 1. The number of hydrogen-bond acceptors (Lipinski definition) is 3. The fraction of sp³-hybridized carbons (Fsp3) is 0.250. The van der Waals surface area contributed by atoms with E-state index in [2.05, 4.69) is 49.2 Å². The second-order valence-corrected chi connectivity index (χ2v) is 6.39. The lowest BCUT2D eigenvalue weighted by Crippen LogP contribution is -2.00. The third-order valence-corrected chi connectivity index (χ3v) is 4.01. The van der Waals surface area contributed by atoms with Gasteiger partial charge in [-0.3, -0.25) is 5.10 Å². The van der Waals surface area contributed by atoms with Crippen LogP contribution in [0.4, 0.5) is 5.69 Å². The molecule has 4 nitrogen and oxygen atoms in total. The highest BCUT2D eigenvalue weighted by atomic mass is 16.5. The van der Waals surface area contributed by atoms with E-state index < -0.39 is 0 Å². The van der Waals surface area contributed by atoms with Crippen LogP contribution in [0.1, 0.15) is 36.6 Å². The van der Waals surface area contributed by atoms with Crippen molar-refractivity contribution in [2.45, 2.75) is 33.3 Å². The Morgan fingerprint density at radius 1 is 1.08 bits per heavy atom. The van der Waals surface area contributed by atoms with Crippen molar-refractivity contribution in [2.75, 3.05) is 5.73 Å². The Bertz CT molecular complexity index is 819. The van der Waals surface area contributed by atoms with Gasteiger partial charge in [0.05, 0.1) is 11.4 Å². The summed E-state index contributed by atoms with van der Waals surface area (Å²) in [6.45, 7) is 6.89. The molecule has 4 heteroatoms. The van der Waals surface area contributed by atoms with Gasteiger partial charge in [0.1, 0.15) is 12.4 Å². The summed E-state index contributed by atoms with van der Waals surface area (Å²) in [6.07, 6.45) is 0. The first-order valence-corrected chi connectivity index (χ1v) is 8.16. The van der Waals surface area contributed by atoms with E-state index in [1.54, 1.807) is 0 Å². The molecule has 0 fully saturated rings. The van der Waals surface area contributed by atoms with Crippen LogP contribution in [0, 0.1) is 6.92 Å². The number of aryl methyl sites for hydroxylation is 1. The minimum Gasteiger partial charge on any atom is -0.487 e. The van der Waals surface area contributed by atoms with E-state index >= 15 is 0 Å². The molecule has 0 atom stereocenters. The van der Waals surface area contributed by atoms with Gasteiger partial charge in [-0.2, -0.15) is 5.10 Å². The fourth-order valence-electron chi connectivity index (χ4n) is 2.64. The van der Waals surface area contributed by atoms with Gasteiger partial charge in [-0.05, 0) is 48.2 Å². The van der Waals surface area contributed by atoms with Crippen molar-refractivity contribution in [3.05, 3.63) is 65.4 Å². The zero-order chi connectivity index (χ0) is 17.1. The van der Waals surface area contributed by atoms with E-state index in [1.165, 1.54) is 11.1 Å². The molecule has 0 bridgehead atoms. The second kappa shape index (κ2) is 6.79. The molecule has 1 aromatic heterocycles. The highest BCUT2D eigenvalue weighted by molar-refractivity contribution is 5.62. The van der Waals surface area contributed by atoms with Crippen molar-refractivity contribution in [2.24, 2.45) is 0 Å². The molecule has 24 heavy (non-hydrogen) atoms. The first kappa shape index (κ1) is 16.1. The molecule has 0 unspecified atom stereocenters. The number of anilines is 1. The molecule has 1 heterocycles. The maximum Gasteiger partial charge on any atom is 0.130 e. The van der Waals surface area contributed by atoms with Crippen LogP contribution in [-0.4, -0.2) is 10.2 Å². The number of benzene rings is 2. The molecule has 3 rings (SSSR count). The Hall–Kier alpha value is -2.75. The standard InChI is InChI=1S/C20H23N3O/c1-13(2)18-9-4-14(3)10-20(18)24-12-17-11-19(23-22-17)15-5-7-16(21)8-6-15/h4-11,13H,12,21H2,1-3H3,(H,22,23). The first-order chi connectivity index (χ1) is 11.5. The van der Waals surface area contributed by atoms with Crippen LogP contribution in [0.15, 0.2) is 48.5 Å². The second-order valence-electron chi connectivity index (χ2n) is 6.39. The van der Waals surface area contributed by atoms with Crippen molar-refractivity contribution >= 4 is 5.69 Å². The lowest BCUT2D eigenvalue weighted by molar-refractivity contribution is 0.296. The minimum absolute atomic E-state index is 0.424. The summed E-state index contributed by atoms with van der Waals surface area (Å²) in [7, 11) is 0. The Kier molecular flexibility index (Phi) is 4.56. The molecule has 0 amide bonds. The number of rotatable bonds is 5. The largest absolute Gasteiger partial charge is 0.487 e. The van der Waals surface area contributed by atoms with E-state index in [9.17, 15) is 0 Å². The predicted molar refractivity (Wildman–Crippen MR) is 98.0 cm³/mol. The van der Waals surface area contributed by atoms with E-state index in [0.29, 0.717) is 12.5 Å². The van der Waals surface area contributed by atoms with Gasteiger partial charge in [-0.1, -0.05) is 38.1 Å². The van der Waals surface area contributed by atoms with Crippen LogP contribution in [0.25, 0.3) is 11.3 Å². The van der Waals surface area contributed by atoms with Crippen molar-refractivity contribution in [1.29, 1.82) is 0 Å². The Morgan fingerprint density at radius 2 is 1.83 bits per heavy atom. The molecule has 0 aliphatic carbocycles. The maximum atomic E-state index is 6.04. The number of nitrogens with two attached hydrogens (primary N) is 1. The van der Waals surface area contributed by atoms with Gasteiger partial charge >= 0.3 is 0 Å². The lowest BCUT2D eigenvalue weighted by Gasteiger charge is -2.14. The molecular weight excluding hydrogens is 298 g/mol. The van der Waals surface area contributed by atoms with Gasteiger partial charge in [0.15, 0.2) is 0 Å². The molecule has 0 radical (unpaired) electrons. The molecule has 0 saturated carbocycles. The van der Waals surface area contributed by atoms with Crippen molar-refractivity contribution in [3.8, 4) is 17.0 Å². The summed E-state index contributed by atoms with van der Waals surface area (Å²) < 4.78 is 6.04. The Balaban J connectivity index is 1.74. The number of hydrogen-bond donors (Lipinski definition) is 2. The third-order valence-electron chi connectivity index (χ3n) is 4.01. The van der Waals surface area contributed by atoms with E-state index in [-0.39, 0.29) is 0 Å². The molecule has 0 spiro atoms. The van der Waals surface area contributed by atoms with Crippen LogP contribution in [0.2, 0.25) is 0 Å². The lowest BCUT2D eigenvalue weighted by atomic mass is 10.0. The van der Waals surface area contributed by atoms with E-state index in [4.69, 9.17) is 10.5 Å². The van der Waals surface area contributed by atoms with Crippen molar-refractivity contribution in [1.82, 2.24) is 10.2 Å². The van der Waals surface area contributed by atoms with Gasteiger partial charge in [0.2, 0.25) is 0 Å². The van der Waals surface area contributed by atoms with Crippen molar-refractivity contribution in [3.63, 3.8) is 0 Å². The predicted octanol–water partition coefficient (Wildman–Crippen LogP) is 4.67. The zero-order valence-corrected chi connectivity index (χ0v) is 14.3. The molecule has 3 aromatic rings. The highest BCUT2D eigenvalue weighted by Gasteiger charge is 2.10. The molecule has 0 saturated heterocycles. The minimum atomic E-state index is 0.424. The van der Waals surface area contributed by atoms with Crippen LogP contribution in [0.5, 0.6) is 5.75 Å². The smallest absolute Gasteiger partial charge is 0.130 e. The van der Waals surface area contributed by atoms with Gasteiger partial charge in [0, 0.05) is 11.3 Å². The normalized spacial score (nSPS) is 11.0. The molecule has 3 N–H and O–H groups in total. The van der Waals surface area contributed by atoms with E-state index in [0.717, 1.165) is 28.4 Å². The molecule has 124 valence electrons. The maximum absolute atomic E-state index is 6.04. The summed E-state index contributed by atoms with van der Waals surface area (Å²) >= 11 is 0. The summed E-state index contributed by atoms with van der Waals surface area (Å²) in [5.74, 6) is 1.36. The summed E-state index contributed by atoms with van der Waals surface area (Å²) in [4.78, 5) is 0. The first-order valence-electron chi connectivity index (χ1n) is 8.16. The monoisotopic (exact) mass is 321 g/mol. The Morgan fingerprint density at radius 3 is 2.54 bits per heavy atom. The number of H-pyrrole nitrogens is 1. The topological polar surface area (TPSA) is 63.9 Å². The average Bonchev–Trinajstić information content (AvgIpc) is 3.02. The molecular formula is C20H23N3O. The third kappa shape index (κ3) is 3.59. The number of nitrogen functional groups attached to an aromatic ring is 1. The van der Waals surface area contributed by atoms with Crippen LogP contribution in [0.3, 0.4) is 0 Å².